The lowest BCUT2D eigenvalue weighted by Gasteiger charge is -2.20. The van der Waals surface area contributed by atoms with E-state index in [1.165, 1.54) is 18.2 Å². The zero-order chi connectivity index (χ0) is 27.3. The SMILES string of the molecule is Cc1cc(C(=O)OC(C)(C)C)ccc1-c1c2ccc(=O)cc-2oc2cc(OS(=O)(=O)C(F)(F)F)ccc12. The molecule has 0 radical (unpaired) electrons. The minimum atomic E-state index is -5.90. The number of hydrogen-bond acceptors (Lipinski definition) is 7. The maximum absolute atomic E-state index is 12.8. The first-order valence-corrected chi connectivity index (χ1v) is 12.3. The first-order chi connectivity index (χ1) is 17.1. The summed E-state index contributed by atoms with van der Waals surface area (Å²) in [4.78, 5) is 24.5. The van der Waals surface area contributed by atoms with Gasteiger partial charge in [0.1, 0.15) is 22.7 Å². The van der Waals surface area contributed by atoms with Crippen molar-refractivity contribution < 1.29 is 39.7 Å². The smallest absolute Gasteiger partial charge is 0.456 e. The van der Waals surface area contributed by atoms with Gasteiger partial charge in [-0.1, -0.05) is 6.07 Å². The molecule has 0 fully saturated rings. The van der Waals surface area contributed by atoms with Gasteiger partial charge in [-0.25, -0.2) is 4.79 Å². The van der Waals surface area contributed by atoms with Gasteiger partial charge in [-0.2, -0.15) is 21.6 Å². The van der Waals surface area contributed by atoms with Gasteiger partial charge < -0.3 is 13.3 Å². The standard InChI is InChI=1S/C26H21F3O7S/c1-14-11-15(24(31)35-25(2,3)4)5-8-18(14)23-19-9-6-16(30)12-21(19)34-22-13-17(7-10-20(22)23)36-37(32,33)26(27,28)29/h5-13H,1-4H3. The van der Waals surface area contributed by atoms with Crippen LogP contribution >= 0.6 is 0 Å². The number of aryl methyl sites for hydroxylation is 1. The van der Waals surface area contributed by atoms with Crippen LogP contribution in [0, 0.1) is 6.92 Å². The second-order valence-electron chi connectivity index (χ2n) is 9.31. The molecule has 4 rings (SSSR count). The van der Waals surface area contributed by atoms with Crippen molar-refractivity contribution >= 4 is 27.1 Å². The molecule has 7 nitrogen and oxygen atoms in total. The summed E-state index contributed by atoms with van der Waals surface area (Å²) in [7, 11) is -5.90. The maximum atomic E-state index is 12.8. The summed E-state index contributed by atoms with van der Waals surface area (Å²) in [5, 5.41) is 0.413. The molecule has 1 heterocycles. The third-order valence-electron chi connectivity index (χ3n) is 5.28. The van der Waals surface area contributed by atoms with Crippen LogP contribution in [0.4, 0.5) is 13.2 Å². The van der Waals surface area contributed by atoms with Gasteiger partial charge in [-0.15, -0.1) is 0 Å². The first-order valence-electron chi connectivity index (χ1n) is 10.9. The van der Waals surface area contributed by atoms with Gasteiger partial charge in [0.15, 0.2) is 5.43 Å². The number of halogens is 3. The molecular weight excluding hydrogens is 513 g/mol. The highest BCUT2D eigenvalue weighted by Crippen LogP contribution is 2.42. The van der Waals surface area contributed by atoms with E-state index in [9.17, 15) is 31.2 Å². The Hall–Kier alpha value is -3.86. The Morgan fingerprint density at radius 3 is 2.22 bits per heavy atom. The van der Waals surface area contributed by atoms with Crippen LogP contribution in [-0.2, 0) is 14.9 Å². The van der Waals surface area contributed by atoms with Crippen molar-refractivity contribution in [1.29, 1.82) is 0 Å². The molecule has 2 aromatic carbocycles. The summed E-state index contributed by atoms with van der Waals surface area (Å²) in [5.41, 5.74) is -3.96. The van der Waals surface area contributed by atoms with Gasteiger partial charge in [0, 0.05) is 28.6 Å². The first kappa shape index (κ1) is 26.2. The van der Waals surface area contributed by atoms with E-state index >= 15 is 0 Å². The lowest BCUT2D eigenvalue weighted by atomic mass is 9.90. The molecule has 0 bridgehead atoms. The average molecular weight is 535 g/mol. The number of benzene rings is 3. The Labute approximate surface area is 209 Å². The topological polar surface area (TPSA) is 99.9 Å². The number of alkyl halides is 3. The summed E-state index contributed by atoms with van der Waals surface area (Å²) < 4.78 is 76.7. The Kier molecular flexibility index (Phi) is 6.31. The maximum Gasteiger partial charge on any atom is 0.534 e. The highest BCUT2D eigenvalue weighted by molar-refractivity contribution is 7.88. The quantitative estimate of drug-likeness (QED) is 0.136. The summed E-state index contributed by atoms with van der Waals surface area (Å²) in [6.45, 7) is 7.01. The number of ether oxygens (including phenoxy) is 1. The molecule has 2 aliphatic rings. The number of fused-ring (bicyclic) bond motifs is 2. The Bertz CT molecular complexity index is 1660. The van der Waals surface area contributed by atoms with Crippen molar-refractivity contribution in [2.24, 2.45) is 0 Å². The number of carbonyl (C=O) groups is 1. The third kappa shape index (κ3) is 5.31. The zero-order valence-corrected chi connectivity index (χ0v) is 20.9. The van der Waals surface area contributed by atoms with E-state index < -0.39 is 32.9 Å². The van der Waals surface area contributed by atoms with Crippen LogP contribution in [0.25, 0.3) is 33.4 Å². The second kappa shape index (κ2) is 8.91. The molecule has 0 atom stereocenters. The number of hydrogen-bond donors (Lipinski definition) is 0. The normalized spacial score (nSPS) is 12.6. The fourth-order valence-electron chi connectivity index (χ4n) is 3.77. The minimum absolute atomic E-state index is 0.0152. The molecule has 37 heavy (non-hydrogen) atoms. The van der Waals surface area contributed by atoms with E-state index in [4.69, 9.17) is 9.15 Å². The Morgan fingerprint density at radius 1 is 0.919 bits per heavy atom. The molecule has 1 aliphatic heterocycles. The minimum Gasteiger partial charge on any atom is -0.456 e. The van der Waals surface area contributed by atoms with Crippen molar-refractivity contribution in [1.82, 2.24) is 0 Å². The van der Waals surface area contributed by atoms with Crippen LogP contribution in [0.1, 0.15) is 36.7 Å². The lowest BCUT2D eigenvalue weighted by Crippen LogP contribution is -2.28. The summed E-state index contributed by atoms with van der Waals surface area (Å²) in [6.07, 6.45) is 0. The van der Waals surface area contributed by atoms with Crippen molar-refractivity contribution in [3.8, 4) is 28.2 Å². The van der Waals surface area contributed by atoms with E-state index in [2.05, 4.69) is 4.18 Å². The lowest BCUT2D eigenvalue weighted by molar-refractivity contribution is -0.0500. The predicted octanol–water partition coefficient (Wildman–Crippen LogP) is 6.06. The molecule has 1 aliphatic carbocycles. The summed E-state index contributed by atoms with van der Waals surface area (Å²) in [5.74, 6) is -1.00. The Morgan fingerprint density at radius 2 is 1.59 bits per heavy atom. The van der Waals surface area contributed by atoms with Gasteiger partial charge >= 0.3 is 21.6 Å². The van der Waals surface area contributed by atoms with Gasteiger partial charge in [-0.05, 0) is 75.2 Å². The summed E-state index contributed by atoms with van der Waals surface area (Å²) >= 11 is 0. The van der Waals surface area contributed by atoms with Gasteiger partial charge in [0.2, 0.25) is 0 Å². The molecule has 11 heteroatoms. The predicted molar refractivity (Wildman–Crippen MR) is 130 cm³/mol. The van der Waals surface area contributed by atoms with Crippen LogP contribution in [-0.4, -0.2) is 25.5 Å². The van der Waals surface area contributed by atoms with E-state index in [-0.39, 0.29) is 16.8 Å². The van der Waals surface area contributed by atoms with Crippen molar-refractivity contribution in [3.63, 3.8) is 0 Å². The van der Waals surface area contributed by atoms with E-state index in [0.717, 1.165) is 12.1 Å². The fourth-order valence-corrected chi connectivity index (χ4v) is 4.23. The largest absolute Gasteiger partial charge is 0.534 e. The van der Waals surface area contributed by atoms with Crippen molar-refractivity contribution in [2.75, 3.05) is 0 Å². The molecule has 0 saturated carbocycles. The van der Waals surface area contributed by atoms with Crippen LogP contribution in [0.15, 0.2) is 63.8 Å². The monoisotopic (exact) mass is 534 g/mol. The van der Waals surface area contributed by atoms with Gasteiger partial charge in [0.25, 0.3) is 0 Å². The molecule has 0 unspecified atom stereocenters. The zero-order valence-electron chi connectivity index (χ0n) is 20.1. The number of esters is 1. The summed E-state index contributed by atoms with van der Waals surface area (Å²) in [6, 6.07) is 12.4. The van der Waals surface area contributed by atoms with E-state index in [0.29, 0.717) is 33.2 Å². The fraction of sp³-hybridized carbons (Fsp3) is 0.231. The van der Waals surface area contributed by atoms with Crippen molar-refractivity contribution in [2.45, 2.75) is 38.8 Å². The average Bonchev–Trinajstić information content (AvgIpc) is 2.75. The molecule has 0 saturated heterocycles. The van der Waals surface area contributed by atoms with Crippen LogP contribution in [0.2, 0.25) is 0 Å². The number of carbonyl (C=O) groups excluding carboxylic acids is 1. The molecule has 2 aromatic rings. The van der Waals surface area contributed by atoms with Crippen LogP contribution in [0.3, 0.4) is 0 Å². The molecule has 0 N–H and O–H groups in total. The number of rotatable bonds is 4. The van der Waals surface area contributed by atoms with Crippen LogP contribution in [0.5, 0.6) is 5.75 Å². The van der Waals surface area contributed by atoms with E-state index in [1.54, 1.807) is 52.0 Å². The molecule has 0 spiro atoms. The van der Waals surface area contributed by atoms with Gasteiger partial charge in [-0.3, -0.25) is 4.79 Å². The third-order valence-corrected chi connectivity index (χ3v) is 6.26. The highest BCUT2D eigenvalue weighted by atomic mass is 32.2. The molecular formula is C26H21F3O7S. The van der Waals surface area contributed by atoms with Crippen LogP contribution < -0.4 is 9.61 Å². The molecule has 0 aromatic heterocycles. The second-order valence-corrected chi connectivity index (χ2v) is 10.8. The van der Waals surface area contributed by atoms with Crippen molar-refractivity contribution in [3.05, 3.63) is 75.9 Å². The van der Waals surface area contributed by atoms with Gasteiger partial charge in [0.05, 0.1) is 5.56 Å². The van der Waals surface area contributed by atoms with E-state index in [1.807, 2.05) is 0 Å². The Balaban J connectivity index is 1.91. The molecule has 0 amide bonds. The molecule has 194 valence electrons. The highest BCUT2D eigenvalue weighted by Gasteiger charge is 2.48.